The van der Waals surface area contributed by atoms with Gasteiger partial charge in [-0.1, -0.05) is 12.1 Å². The monoisotopic (exact) mass is 377 g/mol. The molecule has 0 amide bonds. The van der Waals surface area contributed by atoms with Crippen molar-refractivity contribution in [3.63, 3.8) is 0 Å². The van der Waals surface area contributed by atoms with E-state index in [0.29, 0.717) is 11.9 Å². The lowest BCUT2D eigenvalue weighted by atomic mass is 10.2. The maximum atomic E-state index is 13.1. The number of aromatic nitrogens is 2. The summed E-state index contributed by atoms with van der Waals surface area (Å²) in [7, 11) is 0. The van der Waals surface area contributed by atoms with Crippen LogP contribution in [-0.2, 0) is 6.54 Å². The van der Waals surface area contributed by atoms with E-state index in [4.69, 9.17) is 4.98 Å². The molecule has 28 heavy (non-hydrogen) atoms. The maximum Gasteiger partial charge on any atom is 0.261 e. The number of quaternary nitrogens is 1. The molecule has 3 aromatic rings. The van der Waals surface area contributed by atoms with Crippen LogP contribution in [0.2, 0.25) is 0 Å². The third-order valence-electron chi connectivity index (χ3n) is 5.73. The highest BCUT2D eigenvalue weighted by Gasteiger charge is 2.25. The fraction of sp³-hybridized carbons (Fsp3) is 0.273. The van der Waals surface area contributed by atoms with E-state index in [1.807, 2.05) is 41.0 Å². The van der Waals surface area contributed by atoms with Gasteiger partial charge in [0, 0.05) is 17.8 Å². The second-order valence-corrected chi connectivity index (χ2v) is 7.45. The van der Waals surface area contributed by atoms with Crippen LogP contribution in [0.25, 0.3) is 16.5 Å². The Bertz CT molecular complexity index is 1110. The van der Waals surface area contributed by atoms with Crippen molar-refractivity contribution in [2.24, 2.45) is 0 Å². The third kappa shape index (κ3) is 2.99. The number of hydrogen-bond donors (Lipinski definition) is 1. The van der Waals surface area contributed by atoms with Crippen LogP contribution in [0.15, 0.2) is 59.5 Å². The fourth-order valence-electron chi connectivity index (χ4n) is 4.20. The van der Waals surface area contributed by atoms with E-state index in [0.717, 1.165) is 55.2 Å². The van der Waals surface area contributed by atoms with Crippen LogP contribution in [0.5, 0.6) is 0 Å². The Balaban J connectivity index is 1.36. The van der Waals surface area contributed by atoms with Gasteiger partial charge in [0.15, 0.2) is 0 Å². The molecule has 2 aliphatic rings. The Morgan fingerprint density at radius 2 is 1.75 bits per heavy atom. The quantitative estimate of drug-likeness (QED) is 0.739. The van der Waals surface area contributed by atoms with Gasteiger partial charge in [0.2, 0.25) is 0 Å². The lowest BCUT2D eigenvalue weighted by Gasteiger charge is -2.32. The van der Waals surface area contributed by atoms with E-state index < -0.39 is 0 Å². The topological polar surface area (TPSA) is 42.6 Å². The average molecular weight is 377 g/mol. The van der Waals surface area contributed by atoms with Gasteiger partial charge in [-0.05, 0) is 42.8 Å². The van der Waals surface area contributed by atoms with Crippen LogP contribution in [0.3, 0.4) is 0 Å². The van der Waals surface area contributed by atoms with Crippen LogP contribution >= 0.6 is 0 Å². The molecule has 1 fully saturated rings. The number of para-hydroxylation sites is 1. The predicted octanol–water partition coefficient (Wildman–Crippen LogP) is 1.69. The second kappa shape index (κ2) is 6.87. The second-order valence-electron chi connectivity index (χ2n) is 7.45. The van der Waals surface area contributed by atoms with Crippen molar-refractivity contribution in [1.82, 2.24) is 9.55 Å². The molecule has 0 radical (unpaired) electrons. The summed E-state index contributed by atoms with van der Waals surface area (Å²) in [4.78, 5) is 21.2. The molecule has 5 nitrogen and oxygen atoms in total. The van der Waals surface area contributed by atoms with Crippen molar-refractivity contribution >= 4 is 22.2 Å². The molecule has 0 unspecified atom stereocenters. The molecule has 6 heteroatoms. The number of hydrogen-bond acceptors (Lipinski definition) is 3. The number of rotatable bonds is 2. The SMILES string of the molecule is O=c1c2ccccc2nc2n1CC/C2=C\[NH+]1CCN(c2ccc(F)cc2)CC1. The molecule has 142 valence electrons. The van der Waals surface area contributed by atoms with Crippen LogP contribution in [-0.4, -0.2) is 35.7 Å². The van der Waals surface area contributed by atoms with Gasteiger partial charge < -0.3 is 9.80 Å². The number of halogens is 1. The highest BCUT2D eigenvalue weighted by molar-refractivity contribution is 5.79. The standard InChI is InChI=1S/C22H21FN4O/c23-17-5-7-18(8-6-17)26-13-11-25(12-14-26)15-16-9-10-27-21(16)24-20-4-2-1-3-19(20)22(27)28/h1-8,15H,9-14H2/p+1/b16-15+. The predicted molar refractivity (Wildman–Crippen MR) is 108 cm³/mol. The van der Waals surface area contributed by atoms with E-state index in [2.05, 4.69) is 11.1 Å². The van der Waals surface area contributed by atoms with Crippen LogP contribution < -0.4 is 15.4 Å². The normalized spacial score (nSPS) is 18.8. The average Bonchev–Trinajstić information content (AvgIpc) is 3.12. The Morgan fingerprint density at radius 1 is 1.00 bits per heavy atom. The zero-order chi connectivity index (χ0) is 19.1. The molecule has 3 heterocycles. The van der Waals surface area contributed by atoms with Gasteiger partial charge in [0.25, 0.3) is 5.56 Å². The number of piperazine rings is 1. The number of nitrogens with one attached hydrogen (secondary N) is 1. The van der Waals surface area contributed by atoms with Crippen molar-refractivity contribution in [1.29, 1.82) is 0 Å². The Hall–Kier alpha value is -2.99. The van der Waals surface area contributed by atoms with Crippen LogP contribution in [0.1, 0.15) is 12.2 Å². The summed E-state index contributed by atoms with van der Waals surface area (Å²) in [5.74, 6) is 0.616. The van der Waals surface area contributed by atoms with Gasteiger partial charge in [0.05, 0.1) is 37.1 Å². The number of allylic oxidation sites excluding steroid dienone is 1. The summed E-state index contributed by atoms with van der Waals surface area (Å²) in [5.41, 5.74) is 3.05. The van der Waals surface area contributed by atoms with Gasteiger partial charge in [-0.2, -0.15) is 0 Å². The Kier molecular flexibility index (Phi) is 4.20. The lowest BCUT2D eigenvalue weighted by Crippen LogP contribution is -3.10. The highest BCUT2D eigenvalue weighted by Crippen LogP contribution is 2.24. The molecule has 0 spiro atoms. The molecule has 0 bridgehead atoms. The number of fused-ring (bicyclic) bond motifs is 2. The first-order valence-corrected chi connectivity index (χ1v) is 9.75. The molecule has 0 atom stereocenters. The number of nitrogens with zero attached hydrogens (tertiary/aromatic N) is 3. The molecule has 0 saturated carbocycles. The first-order valence-electron chi connectivity index (χ1n) is 9.75. The van der Waals surface area contributed by atoms with Crippen molar-refractivity contribution < 1.29 is 9.29 Å². The summed E-state index contributed by atoms with van der Waals surface area (Å²) < 4.78 is 14.9. The van der Waals surface area contributed by atoms with E-state index in [1.54, 1.807) is 0 Å². The molecule has 5 rings (SSSR count). The van der Waals surface area contributed by atoms with E-state index in [-0.39, 0.29) is 11.4 Å². The summed E-state index contributed by atoms with van der Waals surface area (Å²) in [6, 6.07) is 14.3. The molecule has 0 aliphatic carbocycles. The van der Waals surface area contributed by atoms with Crippen molar-refractivity contribution in [2.75, 3.05) is 31.1 Å². The smallest absolute Gasteiger partial charge is 0.261 e. The summed E-state index contributed by atoms with van der Waals surface area (Å²) in [6.45, 7) is 4.48. The molecular formula is C22H22FN4O+. The first-order chi connectivity index (χ1) is 13.7. The first kappa shape index (κ1) is 17.1. The summed E-state index contributed by atoms with van der Waals surface area (Å²) in [5, 5.41) is 0.688. The van der Waals surface area contributed by atoms with Crippen molar-refractivity contribution in [3.8, 4) is 0 Å². The fourth-order valence-corrected chi connectivity index (χ4v) is 4.20. The van der Waals surface area contributed by atoms with E-state index >= 15 is 0 Å². The minimum Gasteiger partial charge on any atom is -0.360 e. The van der Waals surface area contributed by atoms with E-state index in [1.165, 1.54) is 17.0 Å². The Labute approximate surface area is 162 Å². The number of anilines is 1. The zero-order valence-electron chi connectivity index (χ0n) is 15.6. The highest BCUT2D eigenvalue weighted by atomic mass is 19.1. The molecule has 1 saturated heterocycles. The van der Waals surface area contributed by atoms with Gasteiger partial charge in [-0.15, -0.1) is 0 Å². The third-order valence-corrected chi connectivity index (χ3v) is 5.73. The Morgan fingerprint density at radius 3 is 2.54 bits per heavy atom. The number of benzene rings is 2. The molecular weight excluding hydrogens is 355 g/mol. The largest absolute Gasteiger partial charge is 0.360 e. The summed E-state index contributed by atoms with van der Waals surface area (Å²) >= 11 is 0. The summed E-state index contributed by atoms with van der Waals surface area (Å²) in [6.07, 6.45) is 3.10. The molecule has 2 aliphatic heterocycles. The van der Waals surface area contributed by atoms with Crippen LogP contribution in [0.4, 0.5) is 10.1 Å². The van der Waals surface area contributed by atoms with Gasteiger partial charge >= 0.3 is 0 Å². The zero-order valence-corrected chi connectivity index (χ0v) is 15.6. The van der Waals surface area contributed by atoms with Gasteiger partial charge in [-0.25, -0.2) is 9.37 Å². The minimum atomic E-state index is -0.201. The van der Waals surface area contributed by atoms with E-state index in [9.17, 15) is 9.18 Å². The molecule has 1 N–H and O–H groups in total. The van der Waals surface area contributed by atoms with Crippen molar-refractivity contribution in [2.45, 2.75) is 13.0 Å². The molecule has 2 aromatic carbocycles. The minimum absolute atomic E-state index is 0.0557. The van der Waals surface area contributed by atoms with Gasteiger partial charge in [-0.3, -0.25) is 9.36 Å². The maximum absolute atomic E-state index is 13.1. The van der Waals surface area contributed by atoms with Gasteiger partial charge in [0.1, 0.15) is 17.8 Å². The lowest BCUT2D eigenvalue weighted by molar-refractivity contribution is -0.847. The molecule has 1 aromatic heterocycles. The van der Waals surface area contributed by atoms with Crippen molar-refractivity contribution in [3.05, 3.63) is 76.7 Å². The van der Waals surface area contributed by atoms with Crippen LogP contribution in [0, 0.1) is 5.82 Å².